The topological polar surface area (TPSA) is 87.4 Å². The Kier molecular flexibility index (Phi) is 6.70. The number of carbonyl (C=O) groups excluding carboxylic acids is 1. The Morgan fingerprint density at radius 1 is 1.37 bits per heavy atom. The monoisotopic (exact) mass is 323 g/mol. The van der Waals surface area contributed by atoms with Crippen molar-refractivity contribution < 1.29 is 19.4 Å². The molecule has 1 aromatic rings. The summed E-state index contributed by atoms with van der Waals surface area (Å²) in [6.45, 7) is 0.160. The average molecular weight is 323 g/mol. The average Bonchev–Trinajstić information content (AvgIpc) is 2.42. The number of nitrogens with zero attached hydrogens (tertiary/aromatic N) is 1. The van der Waals surface area contributed by atoms with Gasteiger partial charge in [0.25, 0.3) is 0 Å². The van der Waals surface area contributed by atoms with E-state index in [9.17, 15) is 9.59 Å². The van der Waals surface area contributed by atoms with Crippen molar-refractivity contribution >= 4 is 26.5 Å². The Labute approximate surface area is 117 Å². The van der Waals surface area contributed by atoms with E-state index in [1.807, 2.05) is 36.4 Å². The van der Waals surface area contributed by atoms with Crippen LogP contribution in [0, 0.1) is 11.3 Å². The van der Waals surface area contributed by atoms with Crippen LogP contribution >= 0.6 is 0 Å². The van der Waals surface area contributed by atoms with E-state index in [-0.39, 0.29) is 19.4 Å². The number of ether oxygens (including phenoxy) is 1. The van der Waals surface area contributed by atoms with Gasteiger partial charge < -0.3 is 0 Å². The van der Waals surface area contributed by atoms with Crippen molar-refractivity contribution in [3.05, 3.63) is 35.9 Å². The number of benzene rings is 1. The van der Waals surface area contributed by atoms with E-state index in [1.165, 1.54) is 0 Å². The fourth-order valence-corrected chi connectivity index (χ4v) is 3.16. The van der Waals surface area contributed by atoms with Crippen LogP contribution in [0.4, 0.5) is 4.79 Å². The number of hydrogen-bond acceptors (Lipinski definition) is 4. The summed E-state index contributed by atoms with van der Waals surface area (Å²) < 4.78 is 3.89. The SMILES string of the molecule is N#CCC[C@H]([AsH]C(=O)OCc1ccccc1)C(=O)O. The summed E-state index contributed by atoms with van der Waals surface area (Å²) in [7, 11) is 0. The molecule has 0 aliphatic heterocycles. The molecule has 1 N–H and O–H groups in total. The number of rotatable bonds is 7. The second-order valence-electron chi connectivity index (χ2n) is 3.79. The van der Waals surface area contributed by atoms with E-state index < -0.39 is 31.2 Å². The summed E-state index contributed by atoms with van der Waals surface area (Å²) in [6, 6.07) is 11.1. The van der Waals surface area contributed by atoms with Crippen molar-refractivity contribution in [3.8, 4) is 6.07 Å². The van der Waals surface area contributed by atoms with Crippen LogP contribution in [0.15, 0.2) is 30.3 Å². The quantitative estimate of drug-likeness (QED) is 0.775. The second-order valence-corrected chi connectivity index (χ2v) is 6.72. The van der Waals surface area contributed by atoms with Crippen LogP contribution in [0.5, 0.6) is 0 Å². The Morgan fingerprint density at radius 3 is 2.63 bits per heavy atom. The fourth-order valence-electron chi connectivity index (χ4n) is 1.37. The number of carboxylic acids is 1. The fraction of sp³-hybridized carbons (Fsp3) is 0.308. The van der Waals surface area contributed by atoms with Gasteiger partial charge in [-0.15, -0.1) is 0 Å². The molecule has 5 nitrogen and oxygen atoms in total. The molecular formula is C13H14AsNO4. The summed E-state index contributed by atoms with van der Waals surface area (Å²) in [5.41, 5.74) is 0.867. The maximum absolute atomic E-state index is 11.6. The van der Waals surface area contributed by atoms with Crippen LogP contribution in [-0.2, 0) is 16.1 Å². The van der Waals surface area contributed by atoms with Gasteiger partial charge in [0.15, 0.2) is 0 Å². The molecule has 2 atom stereocenters. The third-order valence-electron chi connectivity index (χ3n) is 2.35. The predicted molar refractivity (Wildman–Crippen MR) is 70.0 cm³/mol. The first-order chi connectivity index (χ1) is 9.13. The first-order valence-corrected chi connectivity index (χ1v) is 7.96. The number of nitriles is 1. The number of aliphatic carboxylic acids is 1. The van der Waals surface area contributed by atoms with Gasteiger partial charge in [-0.2, -0.15) is 0 Å². The van der Waals surface area contributed by atoms with E-state index in [0.29, 0.717) is 0 Å². The molecular weight excluding hydrogens is 309 g/mol. The van der Waals surface area contributed by atoms with Gasteiger partial charge in [0, 0.05) is 0 Å². The molecule has 1 aromatic carbocycles. The van der Waals surface area contributed by atoms with Crippen molar-refractivity contribution in [2.45, 2.75) is 24.2 Å². The molecule has 0 spiro atoms. The molecule has 0 radical (unpaired) electrons. The van der Waals surface area contributed by atoms with Crippen molar-refractivity contribution in [3.63, 3.8) is 0 Å². The summed E-state index contributed by atoms with van der Waals surface area (Å²) in [6.07, 6.45) is 0.360. The Balaban J connectivity index is 2.40. The Morgan fingerprint density at radius 2 is 2.05 bits per heavy atom. The van der Waals surface area contributed by atoms with Crippen LogP contribution in [0.25, 0.3) is 0 Å². The van der Waals surface area contributed by atoms with E-state index in [1.54, 1.807) is 0 Å². The van der Waals surface area contributed by atoms with Crippen LogP contribution in [0.1, 0.15) is 18.4 Å². The van der Waals surface area contributed by atoms with Gasteiger partial charge in [-0.3, -0.25) is 0 Å². The standard InChI is InChI=1S/C13H14AsNO4/c15-8-4-7-11(12(16)17)14-13(18)19-9-10-5-2-1-3-6-10/h1-3,5-6,11,14H,4,7,9H2,(H,16,17)/t11-/m0/s1. The summed E-state index contributed by atoms with van der Waals surface area (Å²) >= 11 is -1.41. The summed E-state index contributed by atoms with van der Waals surface area (Å²) in [5.74, 6) is -1.02. The minimum atomic E-state index is -1.41. The molecule has 6 heteroatoms. The number of hydrogen-bond donors (Lipinski definition) is 1. The van der Waals surface area contributed by atoms with Gasteiger partial charge in [0.2, 0.25) is 0 Å². The third kappa shape index (κ3) is 6.07. The molecule has 0 aliphatic carbocycles. The molecule has 0 amide bonds. The number of carbonyl (C=O) groups is 2. The second kappa shape index (κ2) is 8.33. The van der Waals surface area contributed by atoms with Crippen molar-refractivity contribution in [2.75, 3.05) is 0 Å². The van der Waals surface area contributed by atoms with Crippen LogP contribution in [-0.4, -0.2) is 31.6 Å². The van der Waals surface area contributed by atoms with E-state index in [0.717, 1.165) is 5.56 Å². The molecule has 0 aromatic heterocycles. The summed E-state index contributed by atoms with van der Waals surface area (Å²) in [4.78, 5) is 22.5. The van der Waals surface area contributed by atoms with Crippen LogP contribution < -0.4 is 0 Å². The molecule has 19 heavy (non-hydrogen) atoms. The molecule has 0 saturated carbocycles. The predicted octanol–water partition coefficient (Wildman–Crippen LogP) is 1.94. The molecule has 0 bridgehead atoms. The molecule has 0 heterocycles. The number of carboxylic acid groups (broad SMARTS) is 1. The molecule has 1 unspecified atom stereocenters. The van der Waals surface area contributed by atoms with Crippen molar-refractivity contribution in [2.24, 2.45) is 0 Å². The van der Waals surface area contributed by atoms with Gasteiger partial charge in [-0.25, -0.2) is 0 Å². The van der Waals surface area contributed by atoms with Gasteiger partial charge in [-0.1, -0.05) is 0 Å². The van der Waals surface area contributed by atoms with Gasteiger partial charge in [0.05, 0.1) is 0 Å². The third-order valence-corrected chi connectivity index (χ3v) is 5.00. The van der Waals surface area contributed by atoms with Crippen LogP contribution in [0.2, 0.25) is 4.71 Å². The van der Waals surface area contributed by atoms with Gasteiger partial charge >= 0.3 is 117 Å². The first kappa shape index (κ1) is 15.3. The van der Waals surface area contributed by atoms with Gasteiger partial charge in [0.1, 0.15) is 0 Å². The van der Waals surface area contributed by atoms with Crippen LogP contribution in [0.3, 0.4) is 0 Å². The van der Waals surface area contributed by atoms with Gasteiger partial charge in [-0.05, 0) is 0 Å². The van der Waals surface area contributed by atoms with Crippen molar-refractivity contribution in [1.82, 2.24) is 0 Å². The maximum atomic E-state index is 11.6. The van der Waals surface area contributed by atoms with Crippen molar-refractivity contribution in [1.29, 1.82) is 5.26 Å². The molecule has 1 rings (SSSR count). The summed E-state index contributed by atoms with van der Waals surface area (Å²) in [5, 5.41) is 17.4. The zero-order valence-electron chi connectivity index (χ0n) is 10.2. The normalized spacial score (nSPS) is 11.9. The van der Waals surface area contributed by atoms with E-state index in [2.05, 4.69) is 0 Å². The zero-order valence-corrected chi connectivity index (χ0v) is 12.3. The molecule has 0 saturated heterocycles. The first-order valence-electron chi connectivity index (χ1n) is 5.70. The Hall–Kier alpha value is -1.79. The molecule has 0 fully saturated rings. The van der Waals surface area contributed by atoms with E-state index >= 15 is 0 Å². The molecule has 100 valence electrons. The Bertz CT molecular complexity index is 469. The minimum absolute atomic E-state index is 0.145. The zero-order chi connectivity index (χ0) is 14.1. The van der Waals surface area contributed by atoms with E-state index in [4.69, 9.17) is 15.1 Å². The molecule has 0 aliphatic rings.